The molecule has 0 aliphatic rings. The number of hydrogen-bond acceptors (Lipinski definition) is 4. The maximum absolute atomic E-state index is 12.4. The molecule has 2 N–H and O–H groups in total. The molecule has 1 heterocycles. The molecule has 3 rings (SSSR count). The third-order valence-electron chi connectivity index (χ3n) is 3.02. The van der Waals surface area contributed by atoms with E-state index in [0.29, 0.717) is 16.6 Å². The van der Waals surface area contributed by atoms with Gasteiger partial charge in [0.05, 0.1) is 16.1 Å². The lowest BCUT2D eigenvalue weighted by Crippen LogP contribution is -2.13. The summed E-state index contributed by atoms with van der Waals surface area (Å²) in [5.74, 6) is -0.0996. The monoisotopic (exact) mass is 300 g/mol. The van der Waals surface area contributed by atoms with Crippen molar-refractivity contribution in [3.63, 3.8) is 0 Å². The Labute approximate surface area is 121 Å². The number of aromatic hydroxyl groups is 1. The fraction of sp³-hybridized carbons (Fsp3) is 0. The molecule has 0 radical (unpaired) electrons. The summed E-state index contributed by atoms with van der Waals surface area (Å²) in [6, 6.07) is 14.3. The first-order valence-corrected chi connectivity index (χ1v) is 7.70. The molecule has 6 heteroatoms. The third-order valence-corrected chi connectivity index (χ3v) is 4.38. The normalized spacial score (nSPS) is 11.4. The first-order chi connectivity index (χ1) is 10.1. The molecule has 0 unspecified atom stereocenters. The second-order valence-electron chi connectivity index (χ2n) is 4.48. The van der Waals surface area contributed by atoms with Gasteiger partial charge in [-0.2, -0.15) is 0 Å². The second-order valence-corrected chi connectivity index (χ2v) is 6.16. The summed E-state index contributed by atoms with van der Waals surface area (Å²) in [6.45, 7) is 0. The van der Waals surface area contributed by atoms with Gasteiger partial charge in [0.2, 0.25) is 0 Å². The van der Waals surface area contributed by atoms with Gasteiger partial charge >= 0.3 is 0 Å². The molecule has 0 aliphatic carbocycles. The number of nitrogens with one attached hydrogen (secondary N) is 1. The van der Waals surface area contributed by atoms with Crippen LogP contribution in [0.2, 0.25) is 0 Å². The number of sulfonamides is 1. The Morgan fingerprint density at radius 2 is 1.81 bits per heavy atom. The lowest BCUT2D eigenvalue weighted by molar-refractivity contribution is 0.473. The van der Waals surface area contributed by atoms with E-state index >= 15 is 0 Å². The Kier molecular flexibility index (Phi) is 3.23. The largest absolute Gasteiger partial charge is 0.508 e. The average Bonchev–Trinajstić information content (AvgIpc) is 2.47. The Morgan fingerprint density at radius 3 is 2.62 bits per heavy atom. The first-order valence-electron chi connectivity index (χ1n) is 6.22. The maximum atomic E-state index is 12.4. The molecule has 0 atom stereocenters. The van der Waals surface area contributed by atoms with Gasteiger partial charge in [0, 0.05) is 17.6 Å². The van der Waals surface area contributed by atoms with Crippen molar-refractivity contribution in [3.05, 3.63) is 60.8 Å². The van der Waals surface area contributed by atoms with Crippen molar-refractivity contribution in [2.75, 3.05) is 4.72 Å². The molecule has 0 saturated heterocycles. The van der Waals surface area contributed by atoms with Crippen molar-refractivity contribution in [3.8, 4) is 5.75 Å². The minimum atomic E-state index is -3.77. The molecular formula is C15H12N2O3S. The zero-order valence-corrected chi connectivity index (χ0v) is 11.7. The van der Waals surface area contributed by atoms with E-state index in [2.05, 4.69) is 9.71 Å². The van der Waals surface area contributed by atoms with Crippen molar-refractivity contribution in [2.24, 2.45) is 0 Å². The van der Waals surface area contributed by atoms with Crippen molar-refractivity contribution in [1.82, 2.24) is 4.98 Å². The van der Waals surface area contributed by atoms with Gasteiger partial charge in [-0.05, 0) is 36.4 Å². The predicted molar refractivity (Wildman–Crippen MR) is 80.7 cm³/mol. The molecule has 106 valence electrons. The highest BCUT2D eigenvalue weighted by Gasteiger charge is 2.16. The fourth-order valence-corrected chi connectivity index (χ4v) is 3.17. The van der Waals surface area contributed by atoms with E-state index in [-0.39, 0.29) is 10.6 Å². The number of phenolic OH excluding ortho intramolecular Hbond substituents is 1. The van der Waals surface area contributed by atoms with E-state index in [1.165, 1.54) is 24.3 Å². The number of pyridine rings is 1. The van der Waals surface area contributed by atoms with E-state index in [1.54, 1.807) is 30.5 Å². The number of rotatable bonds is 3. The lowest BCUT2D eigenvalue weighted by Gasteiger charge is -2.10. The summed E-state index contributed by atoms with van der Waals surface area (Å²) in [5.41, 5.74) is 1.15. The zero-order valence-electron chi connectivity index (χ0n) is 10.9. The van der Waals surface area contributed by atoms with Crippen LogP contribution in [0.15, 0.2) is 65.7 Å². The van der Waals surface area contributed by atoms with Crippen LogP contribution in [-0.2, 0) is 10.0 Å². The van der Waals surface area contributed by atoms with Gasteiger partial charge in [-0.3, -0.25) is 9.71 Å². The number of aromatic nitrogens is 1. The van der Waals surface area contributed by atoms with E-state index in [0.717, 1.165) is 0 Å². The second kappa shape index (κ2) is 5.06. The molecule has 0 aliphatic heterocycles. The van der Waals surface area contributed by atoms with E-state index in [1.807, 2.05) is 6.07 Å². The van der Waals surface area contributed by atoms with Crippen LogP contribution in [-0.4, -0.2) is 18.5 Å². The fourth-order valence-electron chi connectivity index (χ4n) is 2.05. The van der Waals surface area contributed by atoms with Crippen molar-refractivity contribution < 1.29 is 13.5 Å². The van der Waals surface area contributed by atoms with Crippen molar-refractivity contribution in [1.29, 1.82) is 0 Å². The molecular weight excluding hydrogens is 288 g/mol. The van der Waals surface area contributed by atoms with Gasteiger partial charge in [-0.1, -0.05) is 12.1 Å². The summed E-state index contributed by atoms with van der Waals surface area (Å²) in [4.78, 5) is 4.19. The predicted octanol–water partition coefficient (Wildman–Crippen LogP) is 2.74. The van der Waals surface area contributed by atoms with E-state index in [4.69, 9.17) is 0 Å². The Bertz CT molecular complexity index is 902. The quantitative estimate of drug-likeness (QED) is 0.779. The summed E-state index contributed by atoms with van der Waals surface area (Å²) in [6.07, 6.45) is 1.65. The smallest absolute Gasteiger partial charge is 0.262 e. The van der Waals surface area contributed by atoms with Crippen LogP contribution >= 0.6 is 0 Å². The summed E-state index contributed by atoms with van der Waals surface area (Å²) < 4.78 is 27.2. The molecule has 0 saturated carbocycles. The van der Waals surface area contributed by atoms with Gasteiger partial charge in [0.15, 0.2) is 0 Å². The van der Waals surface area contributed by atoms with Crippen molar-refractivity contribution in [2.45, 2.75) is 4.90 Å². The maximum Gasteiger partial charge on any atom is 0.262 e. The van der Waals surface area contributed by atoms with Crippen molar-refractivity contribution >= 4 is 26.6 Å². The van der Waals surface area contributed by atoms with Crippen LogP contribution in [0.25, 0.3) is 10.9 Å². The highest BCUT2D eigenvalue weighted by Crippen LogP contribution is 2.25. The van der Waals surface area contributed by atoms with Crippen LogP contribution < -0.4 is 4.72 Å². The van der Waals surface area contributed by atoms with Crippen LogP contribution in [0.1, 0.15) is 0 Å². The average molecular weight is 300 g/mol. The molecule has 0 bridgehead atoms. The van der Waals surface area contributed by atoms with Gasteiger partial charge in [-0.15, -0.1) is 0 Å². The minimum Gasteiger partial charge on any atom is -0.508 e. The molecule has 0 amide bonds. The highest BCUT2D eigenvalue weighted by molar-refractivity contribution is 7.92. The third kappa shape index (κ3) is 2.66. The van der Waals surface area contributed by atoms with Crippen LogP contribution in [0.5, 0.6) is 5.75 Å². The Hall–Kier alpha value is -2.60. The zero-order chi connectivity index (χ0) is 14.9. The van der Waals surface area contributed by atoms with Gasteiger partial charge in [-0.25, -0.2) is 8.42 Å². The highest BCUT2D eigenvalue weighted by atomic mass is 32.2. The molecule has 1 aromatic heterocycles. The standard InChI is InChI=1S/C15H12N2O3S/c18-11-4-1-5-12(10-11)21(19,20)17-15-8-2-7-14-13(15)6-3-9-16-14/h1-10,17-18H. The number of nitrogens with zero attached hydrogens (tertiary/aromatic N) is 1. The van der Waals surface area contributed by atoms with E-state index < -0.39 is 10.0 Å². The Morgan fingerprint density at radius 1 is 1.00 bits per heavy atom. The summed E-state index contributed by atoms with van der Waals surface area (Å²) in [5, 5.41) is 10.1. The van der Waals surface area contributed by atoms with Gasteiger partial charge in [0.25, 0.3) is 10.0 Å². The molecule has 2 aromatic carbocycles. The molecule has 21 heavy (non-hydrogen) atoms. The van der Waals surface area contributed by atoms with Gasteiger partial charge in [0.1, 0.15) is 5.75 Å². The van der Waals surface area contributed by atoms with Gasteiger partial charge < -0.3 is 5.11 Å². The Balaban J connectivity index is 2.06. The SMILES string of the molecule is O=S(=O)(Nc1cccc2ncccc12)c1cccc(O)c1. The first kappa shape index (κ1) is 13.4. The molecule has 0 spiro atoms. The number of anilines is 1. The molecule has 0 fully saturated rings. The number of fused-ring (bicyclic) bond motifs is 1. The van der Waals surface area contributed by atoms with Crippen LogP contribution in [0, 0.1) is 0 Å². The number of benzene rings is 2. The van der Waals surface area contributed by atoms with Crippen LogP contribution in [0.4, 0.5) is 5.69 Å². The minimum absolute atomic E-state index is 0.00314. The summed E-state index contributed by atoms with van der Waals surface area (Å²) in [7, 11) is -3.77. The molecule has 5 nitrogen and oxygen atoms in total. The number of hydrogen-bond donors (Lipinski definition) is 2. The lowest BCUT2D eigenvalue weighted by atomic mass is 10.2. The summed E-state index contributed by atoms with van der Waals surface area (Å²) >= 11 is 0. The topological polar surface area (TPSA) is 79.3 Å². The number of phenols is 1. The van der Waals surface area contributed by atoms with Crippen LogP contribution in [0.3, 0.4) is 0 Å². The van der Waals surface area contributed by atoms with E-state index in [9.17, 15) is 13.5 Å². The molecule has 3 aromatic rings.